The molecular formula is C27H28FN3O5S. The summed E-state index contributed by atoms with van der Waals surface area (Å²) in [4.78, 5) is 28.1. The Labute approximate surface area is 215 Å². The summed E-state index contributed by atoms with van der Waals surface area (Å²) in [5.41, 5.74) is 1.84. The van der Waals surface area contributed by atoms with Gasteiger partial charge in [0.2, 0.25) is 15.9 Å². The van der Waals surface area contributed by atoms with Gasteiger partial charge in [-0.1, -0.05) is 24.6 Å². The number of nitrogens with zero attached hydrogens (tertiary/aromatic N) is 2. The summed E-state index contributed by atoms with van der Waals surface area (Å²) >= 11 is 0. The van der Waals surface area contributed by atoms with Gasteiger partial charge in [-0.3, -0.25) is 9.59 Å². The van der Waals surface area contributed by atoms with E-state index in [0.29, 0.717) is 55.5 Å². The zero-order valence-corrected chi connectivity index (χ0v) is 21.3. The summed E-state index contributed by atoms with van der Waals surface area (Å²) in [5.74, 6) is -1.21. The van der Waals surface area contributed by atoms with Crippen LogP contribution in [0, 0.1) is 5.82 Å². The van der Waals surface area contributed by atoms with Crippen LogP contribution < -0.4 is 10.2 Å². The first-order valence-electron chi connectivity index (χ1n) is 12.3. The third-order valence-electron chi connectivity index (χ3n) is 6.93. The number of carbonyl (C=O) groups is 2. The summed E-state index contributed by atoms with van der Waals surface area (Å²) in [6.07, 6.45) is 2.35. The lowest BCUT2D eigenvalue weighted by molar-refractivity contribution is -0.120. The number of benzene rings is 3. The number of hydrogen-bond acceptors (Lipinski definition) is 5. The first-order valence-corrected chi connectivity index (χ1v) is 13.7. The molecule has 1 atom stereocenters. The maximum Gasteiger partial charge on any atom is 0.258 e. The fourth-order valence-corrected chi connectivity index (χ4v) is 6.87. The third-order valence-corrected chi connectivity index (χ3v) is 8.84. The Morgan fingerprint density at radius 2 is 1.95 bits per heavy atom. The van der Waals surface area contributed by atoms with Crippen molar-refractivity contribution in [1.82, 2.24) is 4.31 Å². The average Bonchev–Trinajstić information content (AvgIpc) is 3.18. The quantitative estimate of drug-likeness (QED) is 0.446. The van der Waals surface area contributed by atoms with Crippen molar-refractivity contribution < 1.29 is 27.1 Å². The highest BCUT2D eigenvalue weighted by atomic mass is 32.2. The van der Waals surface area contributed by atoms with Gasteiger partial charge in [0.25, 0.3) is 5.91 Å². The van der Waals surface area contributed by atoms with E-state index in [9.17, 15) is 22.4 Å². The van der Waals surface area contributed by atoms with Crippen LogP contribution in [-0.2, 0) is 19.6 Å². The molecule has 0 radical (unpaired) electrons. The molecule has 2 heterocycles. The molecule has 1 unspecified atom stereocenters. The number of halogens is 1. The van der Waals surface area contributed by atoms with Crippen molar-refractivity contribution in [2.45, 2.75) is 36.6 Å². The molecule has 1 N–H and O–H groups in total. The maximum absolute atomic E-state index is 13.8. The normalized spacial score (nSPS) is 17.9. The lowest BCUT2D eigenvalue weighted by Crippen LogP contribution is -2.49. The van der Waals surface area contributed by atoms with Gasteiger partial charge < -0.3 is 15.0 Å². The van der Waals surface area contributed by atoms with Crippen molar-refractivity contribution in [1.29, 1.82) is 0 Å². The van der Waals surface area contributed by atoms with Crippen LogP contribution in [0.25, 0.3) is 10.8 Å². The Kier molecular flexibility index (Phi) is 6.98. The van der Waals surface area contributed by atoms with Crippen LogP contribution in [0.2, 0.25) is 0 Å². The molecule has 0 spiro atoms. The van der Waals surface area contributed by atoms with Crippen molar-refractivity contribution in [3.8, 4) is 0 Å². The molecule has 2 aliphatic heterocycles. The van der Waals surface area contributed by atoms with E-state index in [1.54, 1.807) is 36.3 Å². The van der Waals surface area contributed by atoms with E-state index in [4.69, 9.17) is 4.74 Å². The van der Waals surface area contributed by atoms with Crippen molar-refractivity contribution >= 4 is 44.0 Å². The molecule has 1 fully saturated rings. The molecule has 3 aromatic rings. The minimum Gasteiger partial charge on any atom is -0.385 e. The molecule has 8 nitrogen and oxygen atoms in total. The zero-order valence-electron chi connectivity index (χ0n) is 20.4. The number of ether oxygens (including phenoxy) is 1. The fraction of sp³-hybridized carbons (Fsp3) is 0.333. The van der Waals surface area contributed by atoms with Crippen LogP contribution in [0.15, 0.2) is 59.5 Å². The van der Waals surface area contributed by atoms with Gasteiger partial charge in [0, 0.05) is 48.8 Å². The lowest BCUT2D eigenvalue weighted by atomic mass is 10.0. The van der Waals surface area contributed by atoms with Crippen molar-refractivity contribution in [3.05, 3.63) is 66.0 Å². The van der Waals surface area contributed by atoms with Crippen LogP contribution in [0.3, 0.4) is 0 Å². The van der Waals surface area contributed by atoms with Gasteiger partial charge in [0.05, 0.1) is 10.6 Å². The Balaban J connectivity index is 1.44. The first-order chi connectivity index (χ1) is 17.8. The second-order valence-corrected chi connectivity index (χ2v) is 11.1. The first kappa shape index (κ1) is 25.3. The van der Waals surface area contributed by atoms with Gasteiger partial charge in [0.1, 0.15) is 11.9 Å². The van der Waals surface area contributed by atoms with E-state index in [2.05, 4.69) is 5.32 Å². The number of methoxy groups -OCH3 is 1. The summed E-state index contributed by atoms with van der Waals surface area (Å²) in [6.45, 7) is 1.22. The number of hydrogen-bond donors (Lipinski definition) is 1. The van der Waals surface area contributed by atoms with Gasteiger partial charge in [-0.15, -0.1) is 0 Å². The maximum atomic E-state index is 13.8. The smallest absolute Gasteiger partial charge is 0.258 e. The number of carbonyl (C=O) groups excluding carboxylic acids is 2. The van der Waals surface area contributed by atoms with E-state index in [1.165, 1.54) is 22.5 Å². The van der Waals surface area contributed by atoms with Gasteiger partial charge in [-0.05, 0) is 55.7 Å². The summed E-state index contributed by atoms with van der Waals surface area (Å²) < 4.78 is 46.7. The van der Waals surface area contributed by atoms with E-state index < -0.39 is 27.8 Å². The van der Waals surface area contributed by atoms with E-state index in [1.807, 2.05) is 6.07 Å². The molecule has 0 aliphatic carbocycles. The molecule has 10 heteroatoms. The Hall–Kier alpha value is -3.34. The number of rotatable bonds is 8. The molecule has 1 saturated heterocycles. The van der Waals surface area contributed by atoms with E-state index >= 15 is 0 Å². The van der Waals surface area contributed by atoms with Crippen molar-refractivity contribution in [3.63, 3.8) is 0 Å². The standard InChI is InChI=1S/C27H28FN3O5S/c1-36-16-6-14-30-23-13-12-22(20-9-5-10-21(25(20)23)27(30)33)29-26(32)24-11-2-3-15-31(24)37(34,35)19-8-4-7-18(28)17-19/h4-5,7-10,12-13,17,24H,2-3,6,11,14-16H2,1H3,(H,29,32). The molecule has 194 valence electrons. The lowest BCUT2D eigenvalue weighted by Gasteiger charge is -2.33. The SMILES string of the molecule is COCCCN1C(=O)c2cccc3c(NC(=O)C4CCCCN4S(=O)(=O)c4cccc(F)c4)ccc1c23. The Morgan fingerprint density at radius 1 is 1.14 bits per heavy atom. The van der Waals surface area contributed by atoms with E-state index in [-0.39, 0.29) is 17.3 Å². The highest BCUT2D eigenvalue weighted by Gasteiger charge is 2.38. The largest absolute Gasteiger partial charge is 0.385 e. The topological polar surface area (TPSA) is 96.0 Å². The van der Waals surface area contributed by atoms with Crippen molar-refractivity contribution in [2.24, 2.45) is 0 Å². The monoisotopic (exact) mass is 525 g/mol. The van der Waals surface area contributed by atoms with Crippen LogP contribution in [0.1, 0.15) is 36.0 Å². The van der Waals surface area contributed by atoms with Crippen molar-refractivity contribution in [2.75, 3.05) is 37.0 Å². The Bertz CT molecular complexity index is 1480. The van der Waals surface area contributed by atoms with Gasteiger partial charge >= 0.3 is 0 Å². The average molecular weight is 526 g/mol. The third kappa shape index (κ3) is 4.60. The van der Waals surface area contributed by atoms with Gasteiger partial charge in [-0.2, -0.15) is 4.31 Å². The minimum atomic E-state index is -4.07. The summed E-state index contributed by atoms with van der Waals surface area (Å²) in [6, 6.07) is 12.8. The number of piperidine rings is 1. The number of amides is 2. The summed E-state index contributed by atoms with van der Waals surface area (Å²) in [5, 5.41) is 4.38. The van der Waals surface area contributed by atoms with Crippen LogP contribution in [0.5, 0.6) is 0 Å². The van der Waals surface area contributed by atoms with Crippen LogP contribution >= 0.6 is 0 Å². The second-order valence-electron chi connectivity index (χ2n) is 9.24. The number of anilines is 2. The zero-order chi connectivity index (χ0) is 26.2. The highest BCUT2D eigenvalue weighted by molar-refractivity contribution is 7.89. The molecule has 2 aliphatic rings. The molecule has 0 bridgehead atoms. The summed E-state index contributed by atoms with van der Waals surface area (Å²) in [7, 11) is -2.45. The molecule has 5 rings (SSSR count). The molecule has 2 amide bonds. The highest BCUT2D eigenvalue weighted by Crippen LogP contribution is 2.41. The predicted molar refractivity (Wildman–Crippen MR) is 139 cm³/mol. The predicted octanol–water partition coefficient (Wildman–Crippen LogP) is 4.16. The van der Waals surface area contributed by atoms with Crippen LogP contribution in [-0.4, -0.2) is 57.4 Å². The molecule has 3 aromatic carbocycles. The number of sulfonamides is 1. The molecule has 0 aromatic heterocycles. The van der Waals surface area contributed by atoms with Gasteiger partial charge in [-0.25, -0.2) is 12.8 Å². The number of nitrogens with one attached hydrogen (secondary N) is 1. The second kappa shape index (κ2) is 10.2. The molecule has 0 saturated carbocycles. The molecular weight excluding hydrogens is 497 g/mol. The fourth-order valence-electron chi connectivity index (χ4n) is 5.18. The molecule has 37 heavy (non-hydrogen) atoms. The minimum absolute atomic E-state index is 0.0974. The Morgan fingerprint density at radius 3 is 2.73 bits per heavy atom. The van der Waals surface area contributed by atoms with Crippen LogP contribution in [0.4, 0.5) is 15.8 Å². The van der Waals surface area contributed by atoms with E-state index in [0.717, 1.165) is 17.1 Å². The van der Waals surface area contributed by atoms with Gasteiger partial charge in [0.15, 0.2) is 0 Å².